The lowest BCUT2D eigenvalue weighted by molar-refractivity contribution is 0.475. The monoisotopic (exact) mass is 364 g/mol. The molecule has 21 heavy (non-hydrogen) atoms. The van der Waals surface area contributed by atoms with Gasteiger partial charge in [-0.1, -0.05) is 40.9 Å². The van der Waals surface area contributed by atoms with Gasteiger partial charge in [-0.3, -0.25) is 0 Å². The number of phenols is 2. The molecule has 1 atom stereocenters. The molecule has 0 aliphatic heterocycles. The molecule has 0 heterocycles. The van der Waals surface area contributed by atoms with Gasteiger partial charge in [0.2, 0.25) is 0 Å². The summed E-state index contributed by atoms with van der Waals surface area (Å²) in [7, 11) is 0. The number of hydrogen-bond acceptors (Lipinski definition) is 2. The summed E-state index contributed by atoms with van der Waals surface area (Å²) in [4.78, 5) is 0. The molecule has 2 rings (SSSR count). The summed E-state index contributed by atoms with van der Waals surface area (Å²) in [5.74, 6) is 0.220. The molecule has 1 unspecified atom stereocenters. The molecule has 0 radical (unpaired) electrons. The number of halogens is 4. The van der Waals surface area contributed by atoms with Gasteiger partial charge in [-0.05, 0) is 41.8 Å². The van der Waals surface area contributed by atoms with E-state index in [0.29, 0.717) is 12.3 Å². The average molecular weight is 366 g/mol. The van der Waals surface area contributed by atoms with Crippen LogP contribution in [-0.4, -0.2) is 16.1 Å². The van der Waals surface area contributed by atoms with E-state index in [2.05, 4.69) is 0 Å². The summed E-state index contributed by atoms with van der Waals surface area (Å²) < 4.78 is 0. The topological polar surface area (TPSA) is 40.5 Å². The van der Waals surface area contributed by atoms with Gasteiger partial charge in [0.05, 0.1) is 15.1 Å². The van der Waals surface area contributed by atoms with E-state index in [1.807, 2.05) is 0 Å². The Kier molecular flexibility index (Phi) is 5.50. The van der Waals surface area contributed by atoms with Gasteiger partial charge < -0.3 is 10.2 Å². The van der Waals surface area contributed by atoms with Gasteiger partial charge in [-0.2, -0.15) is 0 Å². The fourth-order valence-electron chi connectivity index (χ4n) is 2.16. The van der Waals surface area contributed by atoms with Crippen LogP contribution in [0.2, 0.25) is 15.1 Å². The number of aromatic hydroxyl groups is 2. The van der Waals surface area contributed by atoms with Crippen LogP contribution in [0.15, 0.2) is 30.3 Å². The minimum atomic E-state index is -0.143. The van der Waals surface area contributed by atoms with Gasteiger partial charge in [-0.15, -0.1) is 11.6 Å². The molecular weight excluding hydrogens is 354 g/mol. The van der Waals surface area contributed by atoms with Crippen molar-refractivity contribution < 1.29 is 10.2 Å². The number of phenolic OH excluding ortho intramolecular Hbond substituents is 2. The van der Waals surface area contributed by atoms with Crippen LogP contribution < -0.4 is 0 Å². The van der Waals surface area contributed by atoms with Crippen molar-refractivity contribution in [2.24, 2.45) is 0 Å². The minimum Gasteiger partial charge on any atom is -0.506 e. The SMILES string of the molecule is Oc1ccc(C(CCCl)c2cc(Cl)c(O)c(Cl)c2)cc1Cl. The molecule has 0 amide bonds. The van der Waals surface area contributed by atoms with E-state index >= 15 is 0 Å². The molecule has 112 valence electrons. The summed E-state index contributed by atoms with van der Waals surface area (Å²) in [5, 5.41) is 19.8. The number of hydrogen-bond donors (Lipinski definition) is 2. The molecule has 0 aromatic heterocycles. The lowest BCUT2D eigenvalue weighted by Crippen LogP contribution is -2.02. The first kappa shape index (κ1) is 16.6. The summed E-state index contributed by atoms with van der Waals surface area (Å²) in [6, 6.07) is 8.29. The van der Waals surface area contributed by atoms with Gasteiger partial charge in [0.15, 0.2) is 5.75 Å². The summed E-state index contributed by atoms with van der Waals surface area (Å²) in [6.45, 7) is 0. The van der Waals surface area contributed by atoms with Gasteiger partial charge >= 0.3 is 0 Å². The van der Waals surface area contributed by atoms with Crippen molar-refractivity contribution in [1.29, 1.82) is 0 Å². The first-order valence-corrected chi connectivity index (χ1v) is 7.83. The maximum Gasteiger partial charge on any atom is 0.152 e. The van der Waals surface area contributed by atoms with Crippen LogP contribution in [-0.2, 0) is 0 Å². The predicted molar refractivity (Wildman–Crippen MR) is 88.4 cm³/mol. The van der Waals surface area contributed by atoms with Crippen molar-refractivity contribution in [3.8, 4) is 11.5 Å². The highest BCUT2D eigenvalue weighted by Crippen LogP contribution is 2.39. The molecule has 0 saturated heterocycles. The van der Waals surface area contributed by atoms with Gasteiger partial charge in [0, 0.05) is 11.8 Å². The van der Waals surface area contributed by atoms with E-state index in [0.717, 1.165) is 11.1 Å². The van der Waals surface area contributed by atoms with E-state index < -0.39 is 0 Å². The van der Waals surface area contributed by atoms with E-state index in [-0.39, 0.29) is 32.5 Å². The molecule has 6 heteroatoms. The van der Waals surface area contributed by atoms with Gasteiger partial charge in [-0.25, -0.2) is 0 Å². The second-order valence-corrected chi connectivity index (χ2v) is 6.17. The number of alkyl halides is 1. The maximum atomic E-state index is 9.65. The van der Waals surface area contributed by atoms with Crippen LogP contribution in [0.1, 0.15) is 23.5 Å². The van der Waals surface area contributed by atoms with Gasteiger partial charge in [0.25, 0.3) is 0 Å². The van der Waals surface area contributed by atoms with Crippen LogP contribution >= 0.6 is 46.4 Å². The molecular formula is C15H12Cl4O2. The Morgan fingerprint density at radius 3 is 1.95 bits per heavy atom. The van der Waals surface area contributed by atoms with Gasteiger partial charge in [0.1, 0.15) is 5.75 Å². The lowest BCUT2D eigenvalue weighted by Gasteiger charge is -2.18. The molecule has 2 aromatic carbocycles. The third kappa shape index (κ3) is 3.70. The lowest BCUT2D eigenvalue weighted by atomic mass is 9.89. The fourth-order valence-corrected chi connectivity index (χ4v) is 3.07. The zero-order chi connectivity index (χ0) is 15.6. The van der Waals surface area contributed by atoms with Crippen LogP contribution in [0.5, 0.6) is 11.5 Å². The highest BCUT2D eigenvalue weighted by Gasteiger charge is 2.18. The average Bonchev–Trinajstić information content (AvgIpc) is 2.45. The highest BCUT2D eigenvalue weighted by atomic mass is 35.5. The Balaban J connectivity index is 2.50. The van der Waals surface area contributed by atoms with Crippen LogP contribution in [0.25, 0.3) is 0 Å². The number of rotatable bonds is 4. The Morgan fingerprint density at radius 2 is 1.43 bits per heavy atom. The Hall–Kier alpha value is -0.800. The molecule has 0 aliphatic rings. The van der Waals surface area contributed by atoms with E-state index in [4.69, 9.17) is 46.4 Å². The molecule has 0 aliphatic carbocycles. The first-order chi connectivity index (χ1) is 9.93. The van der Waals surface area contributed by atoms with E-state index in [1.165, 1.54) is 6.07 Å². The van der Waals surface area contributed by atoms with Crippen molar-refractivity contribution >= 4 is 46.4 Å². The summed E-state index contributed by atoms with van der Waals surface area (Å²) in [5.41, 5.74) is 1.71. The smallest absolute Gasteiger partial charge is 0.152 e. The third-order valence-corrected chi connectivity index (χ3v) is 4.31. The molecule has 2 nitrogen and oxygen atoms in total. The van der Waals surface area contributed by atoms with Crippen LogP contribution in [0.3, 0.4) is 0 Å². The minimum absolute atomic E-state index is 0.0202. The Bertz CT molecular complexity index is 635. The van der Waals surface area contributed by atoms with Crippen molar-refractivity contribution in [2.45, 2.75) is 12.3 Å². The maximum absolute atomic E-state index is 9.65. The van der Waals surface area contributed by atoms with E-state index in [9.17, 15) is 10.2 Å². The highest BCUT2D eigenvalue weighted by molar-refractivity contribution is 6.37. The van der Waals surface area contributed by atoms with Crippen molar-refractivity contribution in [3.05, 3.63) is 56.5 Å². The standard InChI is InChI=1S/C15H12Cl4O2/c16-4-3-10(8-1-2-14(20)11(17)5-8)9-6-12(18)15(21)13(19)7-9/h1-2,5-7,10,20-21H,3-4H2. The first-order valence-electron chi connectivity index (χ1n) is 6.16. The van der Waals surface area contributed by atoms with Crippen LogP contribution in [0, 0.1) is 0 Å². The van der Waals surface area contributed by atoms with Crippen molar-refractivity contribution in [1.82, 2.24) is 0 Å². The third-order valence-electron chi connectivity index (χ3n) is 3.21. The second-order valence-electron chi connectivity index (χ2n) is 4.57. The summed E-state index contributed by atoms with van der Waals surface area (Å²) >= 11 is 23.8. The van der Waals surface area contributed by atoms with Crippen LogP contribution in [0.4, 0.5) is 0 Å². The molecule has 0 saturated carbocycles. The normalized spacial score (nSPS) is 12.4. The molecule has 2 N–H and O–H groups in total. The Morgan fingerprint density at radius 1 is 0.857 bits per heavy atom. The Labute approximate surface area is 142 Å². The largest absolute Gasteiger partial charge is 0.506 e. The molecule has 0 spiro atoms. The van der Waals surface area contributed by atoms with Crippen molar-refractivity contribution in [3.63, 3.8) is 0 Å². The summed E-state index contributed by atoms with van der Waals surface area (Å²) in [6.07, 6.45) is 0.639. The molecule has 0 fully saturated rings. The fraction of sp³-hybridized carbons (Fsp3) is 0.200. The van der Waals surface area contributed by atoms with Crippen molar-refractivity contribution in [2.75, 3.05) is 5.88 Å². The zero-order valence-corrected chi connectivity index (χ0v) is 13.8. The zero-order valence-electron chi connectivity index (χ0n) is 10.8. The number of benzene rings is 2. The van der Waals surface area contributed by atoms with E-state index in [1.54, 1.807) is 24.3 Å². The quantitative estimate of drug-likeness (QED) is 0.670. The predicted octanol–water partition coefficient (Wildman–Crippen LogP) is 5.82. The molecule has 2 aromatic rings. The second kappa shape index (κ2) is 6.97. The molecule has 0 bridgehead atoms.